The number of rotatable bonds is 4. The van der Waals surface area contributed by atoms with Crippen molar-refractivity contribution in [2.24, 2.45) is 0 Å². The van der Waals surface area contributed by atoms with Gasteiger partial charge in [0.25, 0.3) is 0 Å². The summed E-state index contributed by atoms with van der Waals surface area (Å²) in [4.78, 5) is 10.8. The van der Waals surface area contributed by atoms with Gasteiger partial charge in [-0.25, -0.2) is 4.79 Å². The topological polar surface area (TPSA) is 35.5 Å². The number of esters is 1. The first-order valence-electron chi connectivity index (χ1n) is 3.78. The van der Waals surface area contributed by atoms with Crippen LogP contribution in [0.1, 0.15) is 20.8 Å². The number of hydrogen-bond acceptors (Lipinski definition) is 3. The third-order valence-corrected chi connectivity index (χ3v) is 0.966. The summed E-state index contributed by atoms with van der Waals surface area (Å²) in [6.07, 6.45) is 0.641. The van der Waals surface area contributed by atoms with Gasteiger partial charge in [-0.2, -0.15) is 0 Å². The molecule has 0 saturated heterocycles. The normalized spacial score (nSPS) is 12.0. The molecular weight excluding hydrogens is 156 g/mol. The van der Waals surface area contributed by atoms with Gasteiger partial charge in [-0.1, -0.05) is 6.58 Å². The molecular formula is C9H14O3. The summed E-state index contributed by atoms with van der Waals surface area (Å²) in [5.74, 6) is -0.488. The summed E-state index contributed by atoms with van der Waals surface area (Å²) in [5.41, 5.74) is 2.32. The van der Waals surface area contributed by atoms with Crippen LogP contribution in [0.2, 0.25) is 0 Å². The van der Waals surface area contributed by atoms with Crippen molar-refractivity contribution in [3.05, 3.63) is 18.4 Å². The molecule has 68 valence electrons. The Labute approximate surface area is 72.7 Å². The van der Waals surface area contributed by atoms with Gasteiger partial charge in [0.1, 0.15) is 0 Å². The summed E-state index contributed by atoms with van der Waals surface area (Å²) >= 11 is 0. The molecule has 0 N–H and O–H groups in total. The molecule has 1 atom stereocenters. The molecule has 0 aromatic rings. The minimum atomic E-state index is -0.526. The van der Waals surface area contributed by atoms with E-state index in [1.54, 1.807) is 6.92 Å². The molecule has 0 spiro atoms. The predicted octanol–water partition coefficient (Wildman–Crippen LogP) is 1.64. The van der Waals surface area contributed by atoms with Gasteiger partial charge >= 0.3 is 5.97 Å². The maximum Gasteiger partial charge on any atom is 0.340 e. The fourth-order valence-electron chi connectivity index (χ4n) is 0.692. The highest BCUT2D eigenvalue weighted by Crippen LogP contribution is 1.99. The van der Waals surface area contributed by atoms with Crippen LogP contribution in [0.4, 0.5) is 0 Å². The number of ether oxygens (including phenoxy) is 2. The number of carbonyl (C=O) groups excluding carboxylic acids is 1. The molecule has 0 amide bonds. The summed E-state index contributed by atoms with van der Waals surface area (Å²) in [7, 11) is 0. The second-order valence-corrected chi connectivity index (χ2v) is 2.54. The lowest BCUT2D eigenvalue weighted by molar-refractivity contribution is -0.175. The molecule has 1 unspecified atom stereocenters. The molecule has 0 heterocycles. The van der Waals surface area contributed by atoms with Crippen LogP contribution in [-0.2, 0) is 14.3 Å². The van der Waals surface area contributed by atoms with E-state index < -0.39 is 12.3 Å². The Morgan fingerprint density at radius 3 is 2.50 bits per heavy atom. The van der Waals surface area contributed by atoms with Gasteiger partial charge in [0, 0.05) is 0 Å². The van der Waals surface area contributed by atoms with Crippen LogP contribution in [0, 0.1) is 0 Å². The second kappa shape index (κ2) is 5.58. The molecule has 0 aliphatic rings. The minimum absolute atomic E-state index is 0.0421. The van der Waals surface area contributed by atoms with Crippen LogP contribution in [0.15, 0.2) is 18.4 Å². The third kappa shape index (κ3) is 5.71. The van der Waals surface area contributed by atoms with E-state index in [2.05, 4.69) is 12.3 Å². The maximum absolute atomic E-state index is 10.8. The Kier molecular flexibility index (Phi) is 5.09. The molecule has 0 radical (unpaired) electrons. The minimum Gasteiger partial charge on any atom is -0.432 e. The lowest BCUT2D eigenvalue weighted by Gasteiger charge is -2.14. The van der Waals surface area contributed by atoms with Crippen molar-refractivity contribution in [2.45, 2.75) is 33.2 Å². The van der Waals surface area contributed by atoms with Crippen molar-refractivity contribution >= 4 is 5.97 Å². The van der Waals surface area contributed by atoms with Crippen molar-refractivity contribution < 1.29 is 14.3 Å². The van der Waals surface area contributed by atoms with E-state index in [-0.39, 0.29) is 6.10 Å². The predicted molar refractivity (Wildman–Crippen MR) is 45.5 cm³/mol. The van der Waals surface area contributed by atoms with E-state index in [0.717, 1.165) is 6.08 Å². The SMILES string of the molecule is C=C=CC(=O)OC(C)OC(C)C. The average molecular weight is 170 g/mol. The highest BCUT2D eigenvalue weighted by atomic mass is 16.7. The van der Waals surface area contributed by atoms with Crippen molar-refractivity contribution in [3.63, 3.8) is 0 Å². The van der Waals surface area contributed by atoms with E-state index in [9.17, 15) is 4.79 Å². The van der Waals surface area contributed by atoms with Gasteiger partial charge in [0.15, 0.2) is 0 Å². The van der Waals surface area contributed by atoms with Crippen molar-refractivity contribution in [1.29, 1.82) is 0 Å². The van der Waals surface area contributed by atoms with Crippen molar-refractivity contribution in [2.75, 3.05) is 0 Å². The average Bonchev–Trinajstić information content (AvgIpc) is 1.84. The lowest BCUT2D eigenvalue weighted by Crippen LogP contribution is -2.20. The highest BCUT2D eigenvalue weighted by Gasteiger charge is 2.07. The summed E-state index contributed by atoms with van der Waals surface area (Å²) in [5, 5.41) is 0. The van der Waals surface area contributed by atoms with Gasteiger partial charge in [-0.3, -0.25) is 0 Å². The Morgan fingerprint density at radius 1 is 1.50 bits per heavy atom. The van der Waals surface area contributed by atoms with Crippen LogP contribution < -0.4 is 0 Å². The van der Waals surface area contributed by atoms with E-state index >= 15 is 0 Å². The van der Waals surface area contributed by atoms with Gasteiger partial charge in [-0.05, 0) is 20.8 Å². The largest absolute Gasteiger partial charge is 0.432 e. The van der Waals surface area contributed by atoms with Crippen molar-refractivity contribution in [3.8, 4) is 0 Å². The standard InChI is InChI=1S/C9H14O3/c1-5-6-9(10)12-8(4)11-7(2)3/h6-8H,1H2,2-4H3. The van der Waals surface area contributed by atoms with Gasteiger partial charge in [0.2, 0.25) is 6.29 Å². The molecule has 0 aliphatic heterocycles. The molecule has 0 rings (SSSR count). The van der Waals surface area contributed by atoms with Gasteiger partial charge in [0.05, 0.1) is 12.2 Å². The fourth-order valence-corrected chi connectivity index (χ4v) is 0.692. The van der Waals surface area contributed by atoms with Crippen LogP contribution in [0.5, 0.6) is 0 Å². The Morgan fingerprint density at radius 2 is 2.08 bits per heavy atom. The molecule has 0 aromatic carbocycles. The summed E-state index contributed by atoms with van der Waals surface area (Å²) in [6, 6.07) is 0. The first kappa shape index (κ1) is 11.0. The first-order valence-corrected chi connectivity index (χ1v) is 3.78. The molecule has 0 aliphatic carbocycles. The number of hydrogen-bond donors (Lipinski definition) is 0. The lowest BCUT2D eigenvalue weighted by atomic mass is 10.5. The third-order valence-electron chi connectivity index (χ3n) is 0.966. The quantitative estimate of drug-likeness (QED) is 0.278. The molecule has 3 nitrogen and oxygen atoms in total. The Balaban J connectivity index is 3.76. The van der Waals surface area contributed by atoms with Crippen LogP contribution in [0.3, 0.4) is 0 Å². The smallest absolute Gasteiger partial charge is 0.340 e. The number of carbonyl (C=O) groups is 1. The Bertz CT molecular complexity index is 190. The monoisotopic (exact) mass is 170 g/mol. The van der Waals surface area contributed by atoms with Crippen LogP contribution >= 0.6 is 0 Å². The van der Waals surface area contributed by atoms with E-state index in [4.69, 9.17) is 9.47 Å². The fraction of sp³-hybridized carbons (Fsp3) is 0.556. The zero-order chi connectivity index (χ0) is 9.56. The maximum atomic E-state index is 10.8. The van der Waals surface area contributed by atoms with Crippen LogP contribution in [0.25, 0.3) is 0 Å². The Hall–Kier alpha value is -1.05. The van der Waals surface area contributed by atoms with E-state index in [1.807, 2.05) is 13.8 Å². The van der Waals surface area contributed by atoms with Gasteiger partial charge in [-0.15, -0.1) is 5.73 Å². The summed E-state index contributed by atoms with van der Waals surface area (Å²) < 4.78 is 9.94. The molecule has 12 heavy (non-hydrogen) atoms. The van der Waals surface area contributed by atoms with E-state index in [1.165, 1.54) is 0 Å². The molecule has 3 heteroatoms. The van der Waals surface area contributed by atoms with E-state index in [0.29, 0.717) is 0 Å². The van der Waals surface area contributed by atoms with Crippen molar-refractivity contribution in [1.82, 2.24) is 0 Å². The van der Waals surface area contributed by atoms with Crippen LogP contribution in [-0.4, -0.2) is 18.4 Å². The molecule has 0 aromatic heterocycles. The first-order chi connectivity index (χ1) is 5.56. The summed E-state index contributed by atoms with van der Waals surface area (Å²) in [6.45, 7) is 8.65. The second-order valence-electron chi connectivity index (χ2n) is 2.54. The molecule has 0 saturated carbocycles. The zero-order valence-electron chi connectivity index (χ0n) is 7.66. The van der Waals surface area contributed by atoms with Gasteiger partial charge < -0.3 is 9.47 Å². The molecule has 0 fully saturated rings. The molecule has 0 bridgehead atoms. The highest BCUT2D eigenvalue weighted by molar-refractivity contribution is 5.81. The zero-order valence-corrected chi connectivity index (χ0v) is 7.66.